The molecule has 3 heteroatoms. The van der Waals surface area contributed by atoms with E-state index >= 15 is 0 Å². The molecule has 0 aliphatic rings. The van der Waals surface area contributed by atoms with Crippen molar-refractivity contribution in [1.82, 2.24) is 0 Å². The maximum Gasteiger partial charge on any atom is 0.0722 e. The van der Waals surface area contributed by atoms with Gasteiger partial charge in [-0.1, -0.05) is 36.4 Å². The molecule has 2 nitrogen and oxygen atoms in total. The van der Waals surface area contributed by atoms with E-state index in [1.165, 1.54) is 33.4 Å². The van der Waals surface area contributed by atoms with E-state index in [1.54, 1.807) is 0 Å². The van der Waals surface area contributed by atoms with Crippen LogP contribution >= 0.6 is 12.4 Å². The second kappa shape index (κ2) is 9.07. The molecule has 2 aromatic carbocycles. The molecule has 0 saturated heterocycles. The number of rotatable bonds is 6. The molecule has 0 aliphatic heterocycles. The van der Waals surface area contributed by atoms with Crippen molar-refractivity contribution in [3.05, 3.63) is 69.8 Å². The van der Waals surface area contributed by atoms with E-state index in [9.17, 15) is 0 Å². The zero-order valence-electron chi connectivity index (χ0n) is 14.6. The molecular weight excluding hydrogens is 306 g/mol. The summed E-state index contributed by atoms with van der Waals surface area (Å²) in [5.41, 5.74) is 13.8. The topological polar surface area (TPSA) is 35.2 Å². The van der Waals surface area contributed by atoms with Crippen LogP contribution in [0, 0.1) is 27.7 Å². The molecule has 0 saturated carbocycles. The Morgan fingerprint density at radius 2 is 1.35 bits per heavy atom. The molecule has 0 radical (unpaired) electrons. The third-order valence-corrected chi connectivity index (χ3v) is 4.44. The van der Waals surface area contributed by atoms with Gasteiger partial charge in [-0.2, -0.15) is 0 Å². The first kappa shape index (κ1) is 19.7. The standard InChI is InChI=1S/C20H27NO.ClH/c1-14-7-5-8-15(2)19(14)13-22-12-18(11-21)20-16(3)9-6-10-17(20)4;/h5-10,18H,11-13,21H2,1-4H3;1H. The van der Waals surface area contributed by atoms with E-state index < -0.39 is 0 Å². The highest BCUT2D eigenvalue weighted by Gasteiger charge is 2.15. The Morgan fingerprint density at radius 3 is 1.83 bits per heavy atom. The summed E-state index contributed by atoms with van der Waals surface area (Å²) in [7, 11) is 0. The van der Waals surface area contributed by atoms with E-state index in [0.717, 1.165) is 0 Å². The first-order valence-electron chi connectivity index (χ1n) is 7.93. The predicted octanol–water partition coefficient (Wildman–Crippen LogP) is 4.60. The van der Waals surface area contributed by atoms with Crippen molar-refractivity contribution in [2.45, 2.75) is 40.2 Å². The monoisotopic (exact) mass is 333 g/mol. The van der Waals surface area contributed by atoms with Crippen molar-refractivity contribution in [2.75, 3.05) is 13.2 Å². The number of hydrogen-bond acceptors (Lipinski definition) is 2. The van der Waals surface area contributed by atoms with Gasteiger partial charge in [0.05, 0.1) is 13.2 Å². The fraction of sp³-hybridized carbons (Fsp3) is 0.400. The van der Waals surface area contributed by atoms with Gasteiger partial charge in [-0.05, 0) is 61.1 Å². The van der Waals surface area contributed by atoms with Gasteiger partial charge in [0.2, 0.25) is 0 Å². The molecule has 0 amide bonds. The van der Waals surface area contributed by atoms with Crippen LogP contribution in [-0.2, 0) is 11.3 Å². The number of nitrogens with two attached hydrogens (primary N) is 1. The van der Waals surface area contributed by atoms with Crippen LogP contribution in [-0.4, -0.2) is 13.2 Å². The number of hydrogen-bond donors (Lipinski definition) is 1. The largest absolute Gasteiger partial charge is 0.376 e. The summed E-state index contributed by atoms with van der Waals surface area (Å²) in [6, 6.07) is 12.8. The second-order valence-corrected chi connectivity index (χ2v) is 6.12. The molecule has 2 N–H and O–H groups in total. The first-order chi connectivity index (χ1) is 10.5. The number of benzene rings is 2. The molecule has 1 unspecified atom stereocenters. The average Bonchev–Trinajstić information content (AvgIpc) is 2.48. The molecule has 0 bridgehead atoms. The van der Waals surface area contributed by atoms with Crippen molar-refractivity contribution in [2.24, 2.45) is 5.73 Å². The highest BCUT2D eigenvalue weighted by Crippen LogP contribution is 2.24. The van der Waals surface area contributed by atoms with Gasteiger partial charge in [0.1, 0.15) is 0 Å². The lowest BCUT2D eigenvalue weighted by Crippen LogP contribution is -2.20. The first-order valence-corrected chi connectivity index (χ1v) is 7.93. The summed E-state index contributed by atoms with van der Waals surface area (Å²) in [6.45, 7) is 10.5. The Labute approximate surface area is 146 Å². The van der Waals surface area contributed by atoms with Gasteiger partial charge in [-0.25, -0.2) is 0 Å². The Morgan fingerprint density at radius 1 is 0.870 bits per heavy atom. The van der Waals surface area contributed by atoms with Crippen LogP contribution in [0.15, 0.2) is 36.4 Å². The summed E-state index contributed by atoms with van der Waals surface area (Å²) in [5, 5.41) is 0. The van der Waals surface area contributed by atoms with Crippen molar-refractivity contribution < 1.29 is 4.74 Å². The molecule has 0 aromatic heterocycles. The second-order valence-electron chi connectivity index (χ2n) is 6.12. The molecule has 0 aliphatic carbocycles. The van der Waals surface area contributed by atoms with Gasteiger partial charge in [-0.15, -0.1) is 12.4 Å². The fourth-order valence-electron chi connectivity index (χ4n) is 3.12. The quantitative estimate of drug-likeness (QED) is 0.838. The van der Waals surface area contributed by atoms with Gasteiger partial charge >= 0.3 is 0 Å². The molecular formula is C20H28ClNO. The molecule has 126 valence electrons. The molecule has 0 heterocycles. The smallest absolute Gasteiger partial charge is 0.0722 e. The summed E-state index contributed by atoms with van der Waals surface area (Å²) < 4.78 is 6.02. The Hall–Kier alpha value is -1.35. The van der Waals surface area contributed by atoms with Gasteiger partial charge in [-0.3, -0.25) is 0 Å². The SMILES string of the molecule is Cc1cccc(C)c1COCC(CN)c1c(C)cccc1C.Cl. The van der Waals surface area contributed by atoms with E-state index in [4.69, 9.17) is 10.5 Å². The lowest BCUT2D eigenvalue weighted by Gasteiger charge is -2.21. The van der Waals surface area contributed by atoms with Crippen molar-refractivity contribution in [3.63, 3.8) is 0 Å². The highest BCUT2D eigenvalue weighted by molar-refractivity contribution is 5.85. The zero-order valence-corrected chi connectivity index (χ0v) is 15.4. The average molecular weight is 334 g/mol. The van der Waals surface area contributed by atoms with E-state index in [1.807, 2.05) is 0 Å². The summed E-state index contributed by atoms with van der Waals surface area (Å²) in [6.07, 6.45) is 0. The maximum absolute atomic E-state index is 6.02. The number of aryl methyl sites for hydroxylation is 4. The molecule has 0 spiro atoms. The maximum atomic E-state index is 6.02. The van der Waals surface area contributed by atoms with Crippen molar-refractivity contribution >= 4 is 12.4 Å². The minimum absolute atomic E-state index is 0. The van der Waals surface area contributed by atoms with Crippen LogP contribution in [0.1, 0.15) is 39.3 Å². The third-order valence-electron chi connectivity index (χ3n) is 4.44. The van der Waals surface area contributed by atoms with Crippen LogP contribution in [0.3, 0.4) is 0 Å². The number of ether oxygens (including phenoxy) is 1. The lowest BCUT2D eigenvalue weighted by atomic mass is 9.91. The minimum Gasteiger partial charge on any atom is -0.376 e. The van der Waals surface area contributed by atoms with Gasteiger partial charge in [0.15, 0.2) is 0 Å². The Bertz CT molecular complexity index is 599. The number of halogens is 1. The van der Waals surface area contributed by atoms with Crippen LogP contribution in [0.2, 0.25) is 0 Å². The highest BCUT2D eigenvalue weighted by atomic mass is 35.5. The van der Waals surface area contributed by atoms with Gasteiger partial charge in [0.25, 0.3) is 0 Å². The minimum atomic E-state index is 0. The summed E-state index contributed by atoms with van der Waals surface area (Å²) >= 11 is 0. The van der Waals surface area contributed by atoms with E-state index in [0.29, 0.717) is 19.8 Å². The Kier molecular flexibility index (Phi) is 7.77. The fourth-order valence-corrected chi connectivity index (χ4v) is 3.12. The molecule has 0 fully saturated rings. The van der Waals surface area contributed by atoms with Crippen molar-refractivity contribution in [1.29, 1.82) is 0 Å². The molecule has 1 atom stereocenters. The van der Waals surface area contributed by atoms with Gasteiger partial charge < -0.3 is 10.5 Å². The Balaban J connectivity index is 0.00000264. The van der Waals surface area contributed by atoms with Crippen LogP contribution < -0.4 is 5.73 Å². The molecule has 2 rings (SSSR count). The zero-order chi connectivity index (χ0) is 16.1. The normalized spacial score (nSPS) is 11.9. The third kappa shape index (κ3) is 4.81. The van der Waals surface area contributed by atoms with Gasteiger partial charge in [0, 0.05) is 12.5 Å². The predicted molar refractivity (Wildman–Crippen MR) is 101 cm³/mol. The van der Waals surface area contributed by atoms with Crippen LogP contribution in [0.25, 0.3) is 0 Å². The van der Waals surface area contributed by atoms with Crippen LogP contribution in [0.4, 0.5) is 0 Å². The van der Waals surface area contributed by atoms with Crippen molar-refractivity contribution in [3.8, 4) is 0 Å². The van der Waals surface area contributed by atoms with E-state index in [2.05, 4.69) is 64.1 Å². The summed E-state index contributed by atoms with van der Waals surface area (Å²) in [4.78, 5) is 0. The molecule has 23 heavy (non-hydrogen) atoms. The lowest BCUT2D eigenvalue weighted by molar-refractivity contribution is 0.107. The summed E-state index contributed by atoms with van der Waals surface area (Å²) in [5.74, 6) is 0.255. The van der Waals surface area contributed by atoms with Crippen LogP contribution in [0.5, 0.6) is 0 Å². The molecule has 2 aromatic rings. The van der Waals surface area contributed by atoms with E-state index in [-0.39, 0.29) is 18.3 Å².